The zero-order valence-electron chi connectivity index (χ0n) is 11.2. The summed E-state index contributed by atoms with van der Waals surface area (Å²) in [5.74, 6) is 0.0279. The highest BCUT2D eigenvalue weighted by Gasteiger charge is 2.08. The first kappa shape index (κ1) is 15.9. The average molecular weight is 293 g/mol. The molecule has 0 saturated carbocycles. The number of hydrogen-bond acceptors (Lipinski definition) is 4. The van der Waals surface area contributed by atoms with Gasteiger partial charge in [0.15, 0.2) is 0 Å². The molecule has 0 aromatic heterocycles. The number of anilines is 2. The zero-order chi connectivity index (χ0) is 15.0. The van der Waals surface area contributed by atoms with E-state index < -0.39 is 5.91 Å². The van der Waals surface area contributed by atoms with Gasteiger partial charge in [-0.1, -0.05) is 6.07 Å². The average Bonchev–Trinajstić information content (AvgIpc) is 2.42. The topological polar surface area (TPSA) is 90.9 Å². The molecule has 0 unspecified atom stereocenters. The fourth-order valence-corrected chi connectivity index (χ4v) is 1.61. The van der Waals surface area contributed by atoms with Crippen LogP contribution < -0.4 is 16.4 Å². The lowest BCUT2D eigenvalue weighted by molar-refractivity contribution is -0.117. The SMILES string of the molecule is Cc1ccc(N/C=C(/C#N)C(=O)NCCCCl)c(N)c1. The number of rotatable bonds is 6. The summed E-state index contributed by atoms with van der Waals surface area (Å²) in [6, 6.07) is 7.33. The summed E-state index contributed by atoms with van der Waals surface area (Å²) in [6.45, 7) is 2.37. The molecule has 0 fully saturated rings. The number of nitrogens with one attached hydrogen (secondary N) is 2. The Bertz CT molecular complexity index is 549. The van der Waals surface area contributed by atoms with Crippen molar-refractivity contribution in [3.8, 4) is 6.07 Å². The summed E-state index contributed by atoms with van der Waals surface area (Å²) in [7, 11) is 0. The number of hydrogen-bond donors (Lipinski definition) is 3. The molecule has 0 atom stereocenters. The van der Waals surface area contributed by atoms with Crippen LogP contribution in [0.5, 0.6) is 0 Å². The number of carbonyl (C=O) groups excluding carboxylic acids is 1. The summed E-state index contributed by atoms with van der Waals surface area (Å²) in [4.78, 5) is 11.7. The van der Waals surface area contributed by atoms with E-state index in [9.17, 15) is 4.79 Å². The Morgan fingerprint density at radius 2 is 2.30 bits per heavy atom. The van der Waals surface area contributed by atoms with Gasteiger partial charge in [0.05, 0.1) is 11.4 Å². The standard InChI is InChI=1S/C14H17ClN4O/c1-10-3-4-13(12(17)7-10)19-9-11(8-16)14(20)18-6-2-5-15/h3-4,7,9,19H,2,5-6,17H2,1H3,(H,18,20)/b11-9-. The molecule has 5 nitrogen and oxygen atoms in total. The number of carbonyl (C=O) groups is 1. The molecule has 0 aliphatic carbocycles. The molecule has 0 heterocycles. The van der Waals surface area contributed by atoms with Gasteiger partial charge >= 0.3 is 0 Å². The molecule has 1 aromatic carbocycles. The molecule has 4 N–H and O–H groups in total. The van der Waals surface area contributed by atoms with Crippen molar-refractivity contribution in [2.45, 2.75) is 13.3 Å². The predicted octanol–water partition coefficient (Wildman–Crippen LogP) is 2.14. The molecule has 0 saturated heterocycles. The second kappa shape index (κ2) is 8.08. The number of alkyl halides is 1. The van der Waals surface area contributed by atoms with E-state index in [1.54, 1.807) is 6.07 Å². The van der Waals surface area contributed by atoms with Crippen LogP contribution in [0.1, 0.15) is 12.0 Å². The second-order valence-corrected chi connectivity index (χ2v) is 4.58. The van der Waals surface area contributed by atoms with Crippen molar-refractivity contribution in [2.75, 3.05) is 23.5 Å². The third-order valence-electron chi connectivity index (χ3n) is 2.54. The normalized spacial score (nSPS) is 10.8. The molecule has 0 spiro atoms. The van der Waals surface area contributed by atoms with E-state index in [1.165, 1.54) is 6.20 Å². The maximum Gasteiger partial charge on any atom is 0.263 e. The summed E-state index contributed by atoms with van der Waals surface area (Å²) in [6.07, 6.45) is 2.00. The Hall–Kier alpha value is -2.19. The smallest absolute Gasteiger partial charge is 0.263 e. The van der Waals surface area contributed by atoms with Gasteiger partial charge in [-0.3, -0.25) is 4.79 Å². The number of nitrogens with zero attached hydrogens (tertiary/aromatic N) is 1. The Kier molecular flexibility index (Phi) is 6.41. The molecule has 1 rings (SSSR count). The van der Waals surface area contributed by atoms with Crippen LogP contribution in [-0.4, -0.2) is 18.3 Å². The number of amides is 1. The Morgan fingerprint density at radius 3 is 2.90 bits per heavy atom. The van der Waals surface area contributed by atoms with E-state index in [1.807, 2.05) is 25.1 Å². The maximum absolute atomic E-state index is 11.7. The minimum absolute atomic E-state index is 0.0143. The molecule has 1 aromatic rings. The second-order valence-electron chi connectivity index (χ2n) is 4.20. The van der Waals surface area contributed by atoms with Gasteiger partial charge in [0.25, 0.3) is 5.91 Å². The first-order valence-corrected chi connectivity index (χ1v) is 6.69. The van der Waals surface area contributed by atoms with Crippen molar-refractivity contribution in [1.82, 2.24) is 5.32 Å². The highest BCUT2D eigenvalue weighted by molar-refractivity contribution is 6.17. The van der Waals surface area contributed by atoms with Crippen LogP contribution in [0.15, 0.2) is 30.0 Å². The number of nitriles is 1. The Morgan fingerprint density at radius 1 is 1.55 bits per heavy atom. The third kappa shape index (κ3) is 4.82. The van der Waals surface area contributed by atoms with Crippen LogP contribution in [0.4, 0.5) is 11.4 Å². The first-order chi connectivity index (χ1) is 9.58. The van der Waals surface area contributed by atoms with Crippen LogP contribution in [-0.2, 0) is 4.79 Å². The summed E-state index contributed by atoms with van der Waals surface area (Å²) >= 11 is 5.51. The van der Waals surface area contributed by atoms with Crippen molar-refractivity contribution >= 4 is 28.9 Å². The third-order valence-corrected chi connectivity index (χ3v) is 2.81. The van der Waals surface area contributed by atoms with Crippen molar-refractivity contribution in [2.24, 2.45) is 0 Å². The molecule has 0 aliphatic rings. The van der Waals surface area contributed by atoms with Crippen molar-refractivity contribution in [1.29, 1.82) is 5.26 Å². The van der Waals surface area contributed by atoms with Gasteiger partial charge in [0, 0.05) is 18.6 Å². The van der Waals surface area contributed by atoms with Gasteiger partial charge in [0.1, 0.15) is 11.6 Å². The molecule has 0 radical (unpaired) electrons. The highest BCUT2D eigenvalue weighted by Crippen LogP contribution is 2.19. The number of benzene rings is 1. The van der Waals surface area contributed by atoms with Gasteiger partial charge in [-0.15, -0.1) is 11.6 Å². The van der Waals surface area contributed by atoms with Crippen LogP contribution in [0.3, 0.4) is 0 Å². The minimum atomic E-state index is -0.434. The lowest BCUT2D eigenvalue weighted by Gasteiger charge is -2.07. The fraction of sp³-hybridized carbons (Fsp3) is 0.286. The zero-order valence-corrected chi connectivity index (χ0v) is 12.0. The molecular weight excluding hydrogens is 276 g/mol. The minimum Gasteiger partial charge on any atom is -0.397 e. The lowest BCUT2D eigenvalue weighted by Crippen LogP contribution is -2.26. The predicted molar refractivity (Wildman–Crippen MR) is 81.3 cm³/mol. The van der Waals surface area contributed by atoms with Crippen LogP contribution in [0.2, 0.25) is 0 Å². The van der Waals surface area contributed by atoms with E-state index in [0.29, 0.717) is 30.2 Å². The van der Waals surface area contributed by atoms with Gasteiger partial charge in [0.2, 0.25) is 0 Å². The molecule has 6 heteroatoms. The maximum atomic E-state index is 11.7. The highest BCUT2D eigenvalue weighted by atomic mass is 35.5. The molecule has 106 valence electrons. The Balaban J connectivity index is 2.70. The van der Waals surface area contributed by atoms with Gasteiger partial charge < -0.3 is 16.4 Å². The number of nitrogens with two attached hydrogens (primary N) is 1. The largest absolute Gasteiger partial charge is 0.397 e. The summed E-state index contributed by atoms with van der Waals surface area (Å²) < 4.78 is 0. The monoisotopic (exact) mass is 292 g/mol. The molecule has 0 aliphatic heterocycles. The van der Waals surface area contributed by atoms with Crippen molar-refractivity contribution in [3.63, 3.8) is 0 Å². The van der Waals surface area contributed by atoms with Crippen LogP contribution >= 0.6 is 11.6 Å². The first-order valence-electron chi connectivity index (χ1n) is 6.15. The quantitative estimate of drug-likeness (QED) is 0.246. The van der Waals surface area contributed by atoms with Crippen LogP contribution in [0.25, 0.3) is 0 Å². The molecule has 20 heavy (non-hydrogen) atoms. The summed E-state index contributed by atoms with van der Waals surface area (Å²) in [5.41, 5.74) is 8.06. The van der Waals surface area contributed by atoms with Gasteiger partial charge in [-0.05, 0) is 31.0 Å². The molecule has 0 bridgehead atoms. The van der Waals surface area contributed by atoms with Gasteiger partial charge in [-0.25, -0.2) is 0 Å². The molecule has 1 amide bonds. The van der Waals surface area contributed by atoms with Gasteiger partial charge in [-0.2, -0.15) is 5.26 Å². The number of halogens is 1. The lowest BCUT2D eigenvalue weighted by atomic mass is 10.2. The van der Waals surface area contributed by atoms with E-state index in [0.717, 1.165) is 5.56 Å². The molecular formula is C14H17ClN4O. The number of nitrogen functional groups attached to an aromatic ring is 1. The Labute approximate surface area is 123 Å². The van der Waals surface area contributed by atoms with Crippen LogP contribution in [0, 0.1) is 18.3 Å². The van der Waals surface area contributed by atoms with E-state index in [4.69, 9.17) is 22.6 Å². The summed E-state index contributed by atoms with van der Waals surface area (Å²) in [5, 5.41) is 14.4. The van der Waals surface area contributed by atoms with Crippen molar-refractivity contribution < 1.29 is 4.79 Å². The van der Waals surface area contributed by atoms with E-state index in [2.05, 4.69) is 10.6 Å². The van der Waals surface area contributed by atoms with Crippen molar-refractivity contribution in [3.05, 3.63) is 35.5 Å². The number of aryl methyl sites for hydroxylation is 1. The van der Waals surface area contributed by atoms with E-state index in [-0.39, 0.29) is 5.57 Å². The fourth-order valence-electron chi connectivity index (χ4n) is 1.48. The van der Waals surface area contributed by atoms with E-state index >= 15 is 0 Å².